The van der Waals surface area contributed by atoms with Gasteiger partial charge in [-0.2, -0.15) is 0 Å². The molecule has 1 unspecified atom stereocenters. The molecule has 1 saturated carbocycles. The van der Waals surface area contributed by atoms with Gasteiger partial charge in [-0.05, 0) is 30.5 Å². The Hall–Kier alpha value is -1.74. The Balaban J connectivity index is 1.98. The number of hydrogen-bond donors (Lipinski definition) is 1. The second-order valence-corrected chi connectivity index (χ2v) is 5.75. The zero-order chi connectivity index (χ0) is 16.7. The predicted octanol–water partition coefficient (Wildman–Crippen LogP) is 1.68. The first-order valence-corrected chi connectivity index (χ1v) is 7.81. The summed E-state index contributed by atoms with van der Waals surface area (Å²) in [6.45, 7) is 1.79. The van der Waals surface area contributed by atoms with Crippen LogP contribution in [-0.2, 0) is 11.3 Å². The molecule has 2 rings (SSSR count). The van der Waals surface area contributed by atoms with Crippen molar-refractivity contribution in [2.75, 3.05) is 34.0 Å². The van der Waals surface area contributed by atoms with Gasteiger partial charge in [0.25, 0.3) is 0 Å². The first-order valence-electron chi connectivity index (χ1n) is 7.81. The maximum absolute atomic E-state index is 10.1. The number of nitrogens with zero attached hydrogens (tertiary/aromatic N) is 1. The smallest absolute Gasteiger partial charge is 0.122 e. The zero-order valence-electron chi connectivity index (χ0n) is 13.8. The fourth-order valence-electron chi connectivity index (χ4n) is 2.55. The Morgan fingerprint density at radius 1 is 1.26 bits per heavy atom. The van der Waals surface area contributed by atoms with E-state index in [1.165, 1.54) is 12.8 Å². The van der Waals surface area contributed by atoms with Crippen molar-refractivity contribution in [3.63, 3.8) is 0 Å². The summed E-state index contributed by atoms with van der Waals surface area (Å²) in [7, 11) is 3.29. The molecule has 0 heterocycles. The van der Waals surface area contributed by atoms with Crippen molar-refractivity contribution in [1.82, 2.24) is 4.90 Å². The first kappa shape index (κ1) is 17.6. The highest BCUT2D eigenvalue weighted by atomic mass is 16.5. The topological polar surface area (TPSA) is 51.2 Å². The summed E-state index contributed by atoms with van der Waals surface area (Å²) >= 11 is 0. The highest BCUT2D eigenvalue weighted by Gasteiger charge is 2.30. The number of methoxy groups -OCH3 is 2. The van der Waals surface area contributed by atoms with Crippen molar-refractivity contribution in [3.05, 3.63) is 23.8 Å². The number of ether oxygens (including phenoxy) is 3. The molecule has 0 spiro atoms. The number of rotatable bonds is 10. The van der Waals surface area contributed by atoms with Gasteiger partial charge in [0.05, 0.1) is 26.9 Å². The molecule has 0 radical (unpaired) electrons. The van der Waals surface area contributed by atoms with Crippen molar-refractivity contribution >= 4 is 0 Å². The molecule has 0 saturated heterocycles. The molecule has 126 valence electrons. The third-order valence-electron chi connectivity index (χ3n) is 3.80. The van der Waals surface area contributed by atoms with Crippen LogP contribution in [0.1, 0.15) is 18.4 Å². The van der Waals surface area contributed by atoms with Crippen LogP contribution in [-0.4, -0.2) is 56.1 Å². The second-order valence-electron chi connectivity index (χ2n) is 5.75. The van der Waals surface area contributed by atoms with Crippen LogP contribution in [0.25, 0.3) is 0 Å². The van der Waals surface area contributed by atoms with Crippen molar-refractivity contribution in [1.29, 1.82) is 0 Å². The third-order valence-corrected chi connectivity index (χ3v) is 3.80. The summed E-state index contributed by atoms with van der Waals surface area (Å²) < 4.78 is 15.8. The van der Waals surface area contributed by atoms with E-state index in [-0.39, 0.29) is 13.2 Å². The monoisotopic (exact) mass is 319 g/mol. The highest BCUT2D eigenvalue weighted by molar-refractivity contribution is 5.38. The molecule has 1 atom stereocenters. The molecule has 0 aromatic heterocycles. The third kappa shape index (κ3) is 5.76. The van der Waals surface area contributed by atoms with E-state index in [0.29, 0.717) is 12.6 Å². The quantitative estimate of drug-likeness (QED) is 0.525. The van der Waals surface area contributed by atoms with E-state index in [0.717, 1.165) is 23.6 Å². The van der Waals surface area contributed by atoms with E-state index < -0.39 is 6.10 Å². The van der Waals surface area contributed by atoms with Crippen LogP contribution in [0.3, 0.4) is 0 Å². The van der Waals surface area contributed by atoms with Gasteiger partial charge in [0, 0.05) is 25.2 Å². The summed E-state index contributed by atoms with van der Waals surface area (Å²) in [5.41, 5.74) is 1.10. The average molecular weight is 319 g/mol. The van der Waals surface area contributed by atoms with Crippen LogP contribution in [0.2, 0.25) is 0 Å². The lowest BCUT2D eigenvalue weighted by Gasteiger charge is -2.25. The fraction of sp³-hybridized carbons (Fsp3) is 0.556. The van der Waals surface area contributed by atoms with Gasteiger partial charge in [0.15, 0.2) is 0 Å². The van der Waals surface area contributed by atoms with Crippen LogP contribution in [0.4, 0.5) is 0 Å². The molecule has 0 amide bonds. The van der Waals surface area contributed by atoms with Crippen molar-refractivity contribution in [3.8, 4) is 23.8 Å². The predicted molar refractivity (Wildman–Crippen MR) is 88.6 cm³/mol. The summed E-state index contributed by atoms with van der Waals surface area (Å²) in [6, 6.07) is 6.38. The van der Waals surface area contributed by atoms with Crippen molar-refractivity contribution < 1.29 is 19.3 Å². The van der Waals surface area contributed by atoms with Crippen LogP contribution in [0.5, 0.6) is 11.5 Å². The molecular formula is C18H25NO4. The van der Waals surface area contributed by atoms with Gasteiger partial charge in [-0.25, -0.2) is 0 Å². The minimum atomic E-state index is -0.545. The van der Waals surface area contributed by atoms with E-state index in [1.54, 1.807) is 14.2 Å². The highest BCUT2D eigenvalue weighted by Crippen LogP contribution is 2.30. The molecule has 5 heteroatoms. The minimum absolute atomic E-state index is 0.230. The largest absolute Gasteiger partial charge is 0.497 e. The van der Waals surface area contributed by atoms with E-state index in [4.69, 9.17) is 20.6 Å². The number of aliphatic hydroxyl groups is 1. The number of hydrogen-bond acceptors (Lipinski definition) is 5. The summed E-state index contributed by atoms with van der Waals surface area (Å²) in [6.07, 6.45) is 6.93. The number of terminal acetylenes is 1. The maximum Gasteiger partial charge on any atom is 0.122 e. The average Bonchev–Trinajstić information content (AvgIpc) is 3.39. The van der Waals surface area contributed by atoms with Crippen LogP contribution >= 0.6 is 0 Å². The van der Waals surface area contributed by atoms with Crippen molar-refractivity contribution in [2.45, 2.75) is 31.5 Å². The molecule has 1 aliphatic rings. The van der Waals surface area contributed by atoms with Gasteiger partial charge < -0.3 is 19.3 Å². The van der Waals surface area contributed by atoms with Gasteiger partial charge in [-0.1, -0.05) is 5.92 Å². The number of benzene rings is 1. The van der Waals surface area contributed by atoms with E-state index >= 15 is 0 Å². The molecule has 1 aromatic rings. The van der Waals surface area contributed by atoms with Crippen LogP contribution in [0.15, 0.2) is 18.2 Å². The maximum atomic E-state index is 10.1. The SMILES string of the molecule is C#CCOCC(O)CN(Cc1cc(OC)cc(OC)c1)C1CC1. The molecule has 0 aliphatic heterocycles. The van der Waals surface area contributed by atoms with Gasteiger partial charge in [-0.15, -0.1) is 6.42 Å². The van der Waals surface area contributed by atoms with Gasteiger partial charge in [-0.3, -0.25) is 4.90 Å². The molecule has 1 N–H and O–H groups in total. The van der Waals surface area contributed by atoms with E-state index in [2.05, 4.69) is 10.8 Å². The van der Waals surface area contributed by atoms with Crippen LogP contribution in [0, 0.1) is 12.3 Å². The lowest BCUT2D eigenvalue weighted by molar-refractivity contribution is 0.0242. The second kappa shape index (κ2) is 8.78. The van der Waals surface area contributed by atoms with Crippen LogP contribution < -0.4 is 9.47 Å². The van der Waals surface area contributed by atoms with E-state index in [9.17, 15) is 5.11 Å². The fourth-order valence-corrected chi connectivity index (χ4v) is 2.55. The van der Waals surface area contributed by atoms with Gasteiger partial charge >= 0.3 is 0 Å². The lowest BCUT2D eigenvalue weighted by atomic mass is 10.1. The summed E-state index contributed by atoms with van der Waals surface area (Å²) in [5, 5.41) is 10.1. The molecule has 1 aromatic carbocycles. The Bertz CT molecular complexity index is 514. The molecule has 23 heavy (non-hydrogen) atoms. The Morgan fingerprint density at radius 2 is 1.91 bits per heavy atom. The Kier molecular flexibility index (Phi) is 6.72. The van der Waals surface area contributed by atoms with Crippen molar-refractivity contribution in [2.24, 2.45) is 0 Å². The van der Waals surface area contributed by atoms with E-state index in [1.807, 2.05) is 18.2 Å². The molecule has 1 fully saturated rings. The summed E-state index contributed by atoms with van der Waals surface area (Å²) in [4.78, 5) is 2.28. The summed E-state index contributed by atoms with van der Waals surface area (Å²) in [5.74, 6) is 3.94. The molecular weight excluding hydrogens is 294 g/mol. The lowest BCUT2D eigenvalue weighted by Crippen LogP contribution is -2.36. The normalized spacial score (nSPS) is 15.3. The Morgan fingerprint density at radius 3 is 2.43 bits per heavy atom. The molecule has 5 nitrogen and oxygen atoms in total. The van der Waals surface area contributed by atoms with Gasteiger partial charge in [0.1, 0.15) is 18.1 Å². The first-order chi connectivity index (χ1) is 11.2. The van der Waals surface area contributed by atoms with Gasteiger partial charge in [0.2, 0.25) is 0 Å². The molecule has 1 aliphatic carbocycles. The minimum Gasteiger partial charge on any atom is -0.497 e. The standard InChI is InChI=1S/C18H25NO4/c1-4-7-23-13-16(20)12-19(15-5-6-15)11-14-8-17(21-2)10-18(9-14)22-3/h1,8-10,15-16,20H,5-7,11-13H2,2-3H3. The Labute approximate surface area is 138 Å². The number of aliphatic hydroxyl groups excluding tert-OH is 1. The molecule has 0 bridgehead atoms. The zero-order valence-corrected chi connectivity index (χ0v) is 13.8.